The molecule has 3 atom stereocenters. The lowest BCUT2D eigenvalue weighted by Gasteiger charge is -2.20. The van der Waals surface area contributed by atoms with Crippen LogP contribution in [-0.4, -0.2) is 71.7 Å². The molecule has 0 aromatic rings. The minimum atomic E-state index is -1.23. The lowest BCUT2D eigenvalue weighted by atomic mass is 10.1. The number of guanidine groups is 1. The van der Waals surface area contributed by atoms with Gasteiger partial charge in [-0.15, -0.1) is 0 Å². The zero-order valence-electron chi connectivity index (χ0n) is 16.6. The molecule has 0 saturated carbocycles. The van der Waals surface area contributed by atoms with Gasteiger partial charge in [0.05, 0.1) is 12.6 Å². The summed E-state index contributed by atoms with van der Waals surface area (Å²) in [5, 5.41) is 16.3. The monoisotopic (exact) mass is 433 g/mol. The van der Waals surface area contributed by atoms with Crippen molar-refractivity contribution in [2.45, 2.75) is 44.8 Å². The second-order valence-electron chi connectivity index (χ2n) is 6.64. The number of aliphatic imine (C=N–C) groups is 1. The van der Waals surface area contributed by atoms with E-state index in [1.54, 1.807) is 13.8 Å². The van der Waals surface area contributed by atoms with Gasteiger partial charge in [-0.1, -0.05) is 13.8 Å². The van der Waals surface area contributed by atoms with Crippen molar-refractivity contribution < 1.29 is 24.3 Å². The fourth-order valence-electron chi connectivity index (χ4n) is 2.06. The quantitative estimate of drug-likeness (QED) is 0.0651. The average Bonchev–Trinajstić information content (AvgIpc) is 2.64. The van der Waals surface area contributed by atoms with Crippen LogP contribution in [0.2, 0.25) is 0 Å². The van der Waals surface area contributed by atoms with Crippen LogP contribution in [0.25, 0.3) is 0 Å². The van der Waals surface area contributed by atoms with Gasteiger partial charge in [-0.3, -0.25) is 19.4 Å². The predicted molar refractivity (Wildman–Crippen MR) is 111 cm³/mol. The van der Waals surface area contributed by atoms with Crippen LogP contribution in [0.5, 0.6) is 0 Å². The summed E-state index contributed by atoms with van der Waals surface area (Å²) in [5.74, 6) is -3.36. The Kier molecular flexibility index (Phi) is 12.4. The van der Waals surface area contributed by atoms with Gasteiger partial charge < -0.3 is 38.3 Å². The fourth-order valence-corrected chi connectivity index (χ4v) is 2.32. The largest absolute Gasteiger partial charge is 0.480 e. The summed E-state index contributed by atoms with van der Waals surface area (Å²) in [4.78, 5) is 51.1. The molecule has 0 bridgehead atoms. The number of carboxylic acid groups (broad SMARTS) is 1. The molecule has 166 valence electrons. The van der Waals surface area contributed by atoms with Crippen LogP contribution >= 0.6 is 12.6 Å². The maximum atomic E-state index is 12.3. The number of carbonyl (C=O) groups excluding carboxylic acids is 3. The normalized spacial score (nSPS) is 13.7. The average molecular weight is 434 g/mol. The van der Waals surface area contributed by atoms with Crippen molar-refractivity contribution in [3.63, 3.8) is 0 Å². The highest BCUT2D eigenvalue weighted by molar-refractivity contribution is 7.80. The van der Waals surface area contributed by atoms with E-state index in [2.05, 4.69) is 33.6 Å². The number of carbonyl (C=O) groups is 4. The number of carboxylic acids is 1. The molecule has 0 aliphatic heterocycles. The molecule has 29 heavy (non-hydrogen) atoms. The lowest BCUT2D eigenvalue weighted by molar-refractivity contribution is -0.142. The molecule has 0 rings (SSSR count). The highest BCUT2D eigenvalue weighted by atomic mass is 32.1. The van der Waals surface area contributed by atoms with Crippen LogP contribution in [0, 0.1) is 5.92 Å². The number of nitrogens with two attached hydrogens (primary N) is 3. The topological polar surface area (TPSA) is 215 Å². The van der Waals surface area contributed by atoms with Crippen molar-refractivity contribution in [1.29, 1.82) is 0 Å². The number of hydrogen-bond donors (Lipinski definition) is 8. The first-order chi connectivity index (χ1) is 13.5. The van der Waals surface area contributed by atoms with E-state index in [-0.39, 0.29) is 37.1 Å². The van der Waals surface area contributed by atoms with Crippen molar-refractivity contribution >= 4 is 42.3 Å². The number of nitrogens with zero attached hydrogens (tertiary/aromatic N) is 1. The minimum absolute atomic E-state index is 0.0721. The first-order valence-corrected chi connectivity index (χ1v) is 9.64. The zero-order valence-corrected chi connectivity index (χ0v) is 17.4. The van der Waals surface area contributed by atoms with Gasteiger partial charge in [-0.05, 0) is 18.8 Å². The molecule has 3 unspecified atom stereocenters. The number of aliphatic carboxylic acids is 1. The summed E-state index contributed by atoms with van der Waals surface area (Å²) in [5.41, 5.74) is 16.1. The van der Waals surface area contributed by atoms with Gasteiger partial charge in [0.2, 0.25) is 17.7 Å². The highest BCUT2D eigenvalue weighted by Gasteiger charge is 2.26. The molecule has 0 aliphatic carbocycles. The molecule has 0 heterocycles. The number of nitrogens with one attached hydrogen (secondary N) is 3. The fraction of sp³-hybridized carbons (Fsp3) is 0.688. The van der Waals surface area contributed by atoms with E-state index in [1.807, 2.05) is 0 Å². The van der Waals surface area contributed by atoms with Crippen LogP contribution in [0.4, 0.5) is 0 Å². The zero-order chi connectivity index (χ0) is 22.6. The number of hydrogen-bond acceptors (Lipinski definition) is 7. The molecular weight excluding hydrogens is 402 g/mol. The van der Waals surface area contributed by atoms with Crippen LogP contribution in [0.3, 0.4) is 0 Å². The maximum Gasteiger partial charge on any atom is 0.326 e. The lowest BCUT2D eigenvalue weighted by Crippen LogP contribution is -2.54. The molecule has 10 N–H and O–H groups in total. The van der Waals surface area contributed by atoms with Crippen molar-refractivity contribution in [2.24, 2.45) is 28.1 Å². The van der Waals surface area contributed by atoms with Gasteiger partial charge in [0, 0.05) is 12.3 Å². The Hall–Kier alpha value is -2.54. The molecule has 3 amide bonds. The van der Waals surface area contributed by atoms with Crippen LogP contribution in [0.1, 0.15) is 26.7 Å². The third-order valence-electron chi connectivity index (χ3n) is 3.84. The molecular formula is C16H31N7O5S. The van der Waals surface area contributed by atoms with E-state index in [0.717, 1.165) is 0 Å². The van der Waals surface area contributed by atoms with Crippen molar-refractivity contribution in [3.05, 3.63) is 0 Å². The summed E-state index contributed by atoms with van der Waals surface area (Å²) in [6.45, 7) is 3.37. The Morgan fingerprint density at radius 3 is 2.17 bits per heavy atom. The summed E-state index contributed by atoms with van der Waals surface area (Å²) < 4.78 is 0. The Morgan fingerprint density at radius 1 is 1.07 bits per heavy atom. The van der Waals surface area contributed by atoms with E-state index in [4.69, 9.17) is 17.2 Å². The van der Waals surface area contributed by atoms with Gasteiger partial charge in [-0.25, -0.2) is 4.79 Å². The summed E-state index contributed by atoms with van der Waals surface area (Å²) in [6, 6.07) is -3.03. The van der Waals surface area contributed by atoms with E-state index in [1.165, 1.54) is 0 Å². The predicted octanol–water partition coefficient (Wildman–Crippen LogP) is -2.88. The maximum absolute atomic E-state index is 12.3. The molecule has 0 spiro atoms. The molecule has 0 aromatic carbocycles. The second-order valence-corrected chi connectivity index (χ2v) is 7.00. The number of rotatable bonds is 13. The van der Waals surface area contributed by atoms with Gasteiger partial charge in [0.15, 0.2) is 5.96 Å². The highest BCUT2D eigenvalue weighted by Crippen LogP contribution is 2.01. The summed E-state index contributed by atoms with van der Waals surface area (Å²) in [7, 11) is 0. The first-order valence-electron chi connectivity index (χ1n) is 9.01. The summed E-state index contributed by atoms with van der Waals surface area (Å²) in [6.07, 6.45) is 0.420. The van der Waals surface area contributed by atoms with Crippen LogP contribution in [0.15, 0.2) is 4.99 Å². The van der Waals surface area contributed by atoms with E-state index >= 15 is 0 Å². The third-order valence-corrected chi connectivity index (χ3v) is 4.20. The summed E-state index contributed by atoms with van der Waals surface area (Å²) >= 11 is 4.00. The Morgan fingerprint density at radius 2 is 1.69 bits per heavy atom. The molecule has 0 saturated heterocycles. The second kappa shape index (κ2) is 13.6. The van der Waals surface area contributed by atoms with Crippen LogP contribution in [-0.2, 0) is 19.2 Å². The Balaban J connectivity index is 4.64. The standard InChI is InChI=1S/C16H31N7O5S/c1-8(2)12(17)14(26)21-6-11(24)22-10(7-29)13(25)23-9(15(27)28)4-3-5-20-16(18)19/h8-10,12,29H,3-7,17H2,1-2H3,(H,21,26)(H,22,24)(H,23,25)(H,27,28)(H4,18,19,20). The van der Waals surface area contributed by atoms with Gasteiger partial charge in [0.1, 0.15) is 12.1 Å². The molecule has 0 aliphatic rings. The van der Waals surface area contributed by atoms with Gasteiger partial charge in [-0.2, -0.15) is 12.6 Å². The minimum Gasteiger partial charge on any atom is -0.480 e. The molecule has 0 aromatic heterocycles. The first kappa shape index (κ1) is 26.5. The smallest absolute Gasteiger partial charge is 0.326 e. The number of amides is 3. The van der Waals surface area contributed by atoms with Crippen molar-refractivity contribution in [1.82, 2.24) is 16.0 Å². The molecule has 0 radical (unpaired) electrons. The van der Waals surface area contributed by atoms with Crippen LogP contribution < -0.4 is 33.2 Å². The van der Waals surface area contributed by atoms with E-state index in [0.29, 0.717) is 6.42 Å². The Bertz CT molecular complexity index is 610. The van der Waals surface area contributed by atoms with Crippen molar-refractivity contribution in [3.8, 4) is 0 Å². The Labute approximate surface area is 174 Å². The molecule has 0 fully saturated rings. The van der Waals surface area contributed by atoms with E-state index in [9.17, 15) is 24.3 Å². The molecule has 12 nitrogen and oxygen atoms in total. The van der Waals surface area contributed by atoms with Gasteiger partial charge >= 0.3 is 5.97 Å². The van der Waals surface area contributed by atoms with Gasteiger partial charge in [0.25, 0.3) is 0 Å². The third kappa shape index (κ3) is 11.1. The number of thiol groups is 1. The molecule has 13 heteroatoms. The van der Waals surface area contributed by atoms with Crippen molar-refractivity contribution in [2.75, 3.05) is 18.8 Å². The SMILES string of the molecule is CC(C)C(N)C(=O)NCC(=O)NC(CS)C(=O)NC(CCCN=C(N)N)C(=O)O. The van der Waals surface area contributed by atoms with E-state index < -0.39 is 41.8 Å².